The smallest absolute Gasteiger partial charge is 0.220 e. The Balaban J connectivity index is 3.59. The first kappa shape index (κ1) is 51.1. The van der Waals surface area contributed by atoms with E-state index in [0.29, 0.717) is 6.42 Å². The first-order chi connectivity index (χ1) is 26.2. The molecule has 53 heavy (non-hydrogen) atoms. The van der Waals surface area contributed by atoms with E-state index >= 15 is 0 Å². The van der Waals surface area contributed by atoms with Gasteiger partial charge in [0.15, 0.2) is 0 Å². The number of aliphatic hydroxyl groups is 2. The molecule has 308 valence electrons. The molecule has 0 aliphatic heterocycles. The Morgan fingerprint density at radius 1 is 0.472 bits per heavy atom. The molecule has 0 spiro atoms. The van der Waals surface area contributed by atoms with Crippen molar-refractivity contribution in [2.24, 2.45) is 0 Å². The summed E-state index contributed by atoms with van der Waals surface area (Å²) >= 11 is 0. The van der Waals surface area contributed by atoms with Gasteiger partial charge in [-0.2, -0.15) is 0 Å². The van der Waals surface area contributed by atoms with Gasteiger partial charge in [-0.15, -0.1) is 0 Å². The molecule has 0 heterocycles. The molecule has 0 radical (unpaired) electrons. The van der Waals surface area contributed by atoms with Gasteiger partial charge in [0, 0.05) is 6.42 Å². The lowest BCUT2D eigenvalue weighted by molar-refractivity contribution is -0.123. The van der Waals surface area contributed by atoms with Crippen molar-refractivity contribution >= 4 is 5.91 Å². The lowest BCUT2D eigenvalue weighted by atomic mass is 10.0. The summed E-state index contributed by atoms with van der Waals surface area (Å²) in [5.74, 6) is -0.0788. The van der Waals surface area contributed by atoms with Crippen LogP contribution < -0.4 is 5.32 Å². The SMILES string of the molecule is CC/C=C\C/C=C\C/C=C\C/C=C\CCCCCCCCC(=O)NC(CO)C(O)/C=C/CCCCCCCCCCCCCCCCCCCCCC. The van der Waals surface area contributed by atoms with Gasteiger partial charge in [0.25, 0.3) is 0 Å². The van der Waals surface area contributed by atoms with Gasteiger partial charge in [0.05, 0.1) is 18.8 Å². The molecule has 3 N–H and O–H groups in total. The molecule has 0 aliphatic carbocycles. The van der Waals surface area contributed by atoms with Gasteiger partial charge >= 0.3 is 0 Å². The third-order valence-electron chi connectivity index (χ3n) is 10.3. The van der Waals surface area contributed by atoms with E-state index in [1.807, 2.05) is 6.08 Å². The number of amides is 1. The molecular weight excluding hydrogens is 651 g/mol. The summed E-state index contributed by atoms with van der Waals surface area (Å²) in [6.07, 6.45) is 61.9. The minimum absolute atomic E-state index is 0.0788. The standard InChI is InChI=1S/C49H89NO3/c1-3-5-7-9-11-13-15-17-19-21-23-24-25-27-28-30-32-34-36-38-40-42-44-48(52)47(46-51)50-49(53)45-43-41-39-37-35-33-31-29-26-22-20-18-16-14-12-10-8-6-4-2/h6,8,12,14,18,20,26,29,42,44,47-48,51-52H,3-5,7,9-11,13,15-17,19,21-25,27-28,30-41,43,45-46H2,1-2H3,(H,50,53)/b8-6-,14-12-,20-18-,29-26-,44-42+. The number of hydrogen-bond acceptors (Lipinski definition) is 3. The van der Waals surface area contributed by atoms with Gasteiger partial charge in [-0.05, 0) is 57.8 Å². The molecule has 0 aromatic heterocycles. The normalized spacial score (nSPS) is 13.5. The maximum absolute atomic E-state index is 12.4. The van der Waals surface area contributed by atoms with E-state index in [2.05, 4.69) is 67.8 Å². The van der Waals surface area contributed by atoms with Crippen molar-refractivity contribution in [2.75, 3.05) is 6.61 Å². The molecule has 0 saturated heterocycles. The Hall–Kier alpha value is -1.91. The van der Waals surface area contributed by atoms with Crippen molar-refractivity contribution in [1.29, 1.82) is 0 Å². The molecular formula is C49H89NO3. The van der Waals surface area contributed by atoms with Crippen LogP contribution in [0.3, 0.4) is 0 Å². The average molecular weight is 740 g/mol. The third-order valence-corrected chi connectivity index (χ3v) is 10.3. The van der Waals surface area contributed by atoms with Crippen LogP contribution in [-0.2, 0) is 4.79 Å². The monoisotopic (exact) mass is 740 g/mol. The molecule has 0 aliphatic rings. The molecule has 4 heteroatoms. The molecule has 2 unspecified atom stereocenters. The molecule has 0 fully saturated rings. The van der Waals surface area contributed by atoms with E-state index in [0.717, 1.165) is 64.2 Å². The molecule has 0 saturated carbocycles. The number of rotatable bonds is 41. The Bertz CT molecular complexity index is 888. The van der Waals surface area contributed by atoms with Crippen LogP contribution in [0, 0.1) is 0 Å². The third kappa shape index (κ3) is 41.1. The Kier molecular flexibility index (Phi) is 42.9. The highest BCUT2D eigenvalue weighted by molar-refractivity contribution is 5.76. The number of nitrogens with one attached hydrogen (secondary N) is 1. The molecule has 4 nitrogen and oxygen atoms in total. The number of hydrogen-bond donors (Lipinski definition) is 3. The number of unbranched alkanes of at least 4 members (excludes halogenated alkanes) is 26. The van der Waals surface area contributed by atoms with Crippen molar-refractivity contribution in [1.82, 2.24) is 5.32 Å². The van der Waals surface area contributed by atoms with Crippen molar-refractivity contribution in [3.8, 4) is 0 Å². The van der Waals surface area contributed by atoms with E-state index in [1.54, 1.807) is 6.08 Å². The maximum atomic E-state index is 12.4. The quantitative estimate of drug-likeness (QED) is 0.0432. The van der Waals surface area contributed by atoms with Gasteiger partial charge < -0.3 is 15.5 Å². The van der Waals surface area contributed by atoms with Gasteiger partial charge in [-0.1, -0.05) is 222 Å². The average Bonchev–Trinajstić information content (AvgIpc) is 3.16. The van der Waals surface area contributed by atoms with Gasteiger partial charge in [0.1, 0.15) is 0 Å². The summed E-state index contributed by atoms with van der Waals surface area (Å²) in [6, 6.07) is -0.632. The van der Waals surface area contributed by atoms with Crippen LogP contribution >= 0.6 is 0 Å². The Labute approximate surface area is 330 Å². The largest absolute Gasteiger partial charge is 0.394 e. The predicted molar refractivity (Wildman–Crippen MR) is 234 cm³/mol. The number of aliphatic hydroxyl groups excluding tert-OH is 2. The maximum Gasteiger partial charge on any atom is 0.220 e. The Morgan fingerprint density at radius 2 is 0.830 bits per heavy atom. The zero-order valence-electron chi connectivity index (χ0n) is 35.3. The summed E-state index contributed by atoms with van der Waals surface area (Å²) in [6.45, 7) is 4.20. The number of carbonyl (C=O) groups excluding carboxylic acids is 1. The van der Waals surface area contributed by atoms with Crippen LogP contribution in [0.5, 0.6) is 0 Å². The first-order valence-corrected chi connectivity index (χ1v) is 23.0. The number of carbonyl (C=O) groups is 1. The summed E-state index contributed by atoms with van der Waals surface area (Å²) in [4.78, 5) is 12.4. The van der Waals surface area contributed by atoms with Crippen LogP contribution in [0.15, 0.2) is 60.8 Å². The molecule has 0 bridgehead atoms. The summed E-state index contributed by atoms with van der Waals surface area (Å²) in [5.41, 5.74) is 0. The lowest BCUT2D eigenvalue weighted by Crippen LogP contribution is -2.45. The molecule has 0 aromatic carbocycles. The predicted octanol–water partition coefficient (Wildman–Crippen LogP) is 14.5. The Morgan fingerprint density at radius 3 is 1.25 bits per heavy atom. The highest BCUT2D eigenvalue weighted by Gasteiger charge is 2.17. The van der Waals surface area contributed by atoms with Crippen LogP contribution in [0.2, 0.25) is 0 Å². The van der Waals surface area contributed by atoms with Crippen molar-refractivity contribution in [3.05, 3.63) is 60.8 Å². The number of allylic oxidation sites excluding steroid dienone is 9. The van der Waals surface area contributed by atoms with Crippen LogP contribution in [0.1, 0.15) is 226 Å². The van der Waals surface area contributed by atoms with Gasteiger partial charge in [0.2, 0.25) is 5.91 Å². The minimum atomic E-state index is -0.848. The van der Waals surface area contributed by atoms with Crippen molar-refractivity contribution < 1.29 is 15.0 Å². The molecule has 0 rings (SSSR count). The fourth-order valence-corrected chi connectivity index (χ4v) is 6.76. The second-order valence-electron chi connectivity index (χ2n) is 15.4. The van der Waals surface area contributed by atoms with E-state index in [9.17, 15) is 15.0 Å². The summed E-state index contributed by atoms with van der Waals surface area (Å²) < 4.78 is 0. The minimum Gasteiger partial charge on any atom is -0.394 e. The van der Waals surface area contributed by atoms with Crippen molar-refractivity contribution in [2.45, 2.75) is 238 Å². The highest BCUT2D eigenvalue weighted by atomic mass is 16.3. The highest BCUT2D eigenvalue weighted by Crippen LogP contribution is 2.15. The van der Waals surface area contributed by atoms with E-state index in [4.69, 9.17) is 0 Å². The molecule has 1 amide bonds. The summed E-state index contributed by atoms with van der Waals surface area (Å²) in [7, 11) is 0. The zero-order valence-corrected chi connectivity index (χ0v) is 35.3. The molecule has 2 atom stereocenters. The second kappa shape index (κ2) is 44.5. The fraction of sp³-hybridized carbons (Fsp3) is 0.776. The lowest BCUT2D eigenvalue weighted by Gasteiger charge is -2.20. The van der Waals surface area contributed by atoms with Crippen LogP contribution in [0.25, 0.3) is 0 Å². The fourth-order valence-electron chi connectivity index (χ4n) is 6.76. The van der Waals surface area contributed by atoms with Gasteiger partial charge in [-0.25, -0.2) is 0 Å². The van der Waals surface area contributed by atoms with E-state index in [1.165, 1.54) is 141 Å². The van der Waals surface area contributed by atoms with Gasteiger partial charge in [-0.3, -0.25) is 4.79 Å². The first-order valence-electron chi connectivity index (χ1n) is 23.0. The van der Waals surface area contributed by atoms with E-state index < -0.39 is 12.1 Å². The zero-order chi connectivity index (χ0) is 38.6. The van der Waals surface area contributed by atoms with Crippen LogP contribution in [-0.4, -0.2) is 34.9 Å². The molecule has 0 aromatic rings. The summed E-state index contributed by atoms with van der Waals surface area (Å²) in [5, 5.41) is 23.1. The second-order valence-corrected chi connectivity index (χ2v) is 15.4. The van der Waals surface area contributed by atoms with Crippen molar-refractivity contribution in [3.63, 3.8) is 0 Å². The van der Waals surface area contributed by atoms with E-state index in [-0.39, 0.29) is 12.5 Å². The topological polar surface area (TPSA) is 69.6 Å². The van der Waals surface area contributed by atoms with Crippen LogP contribution in [0.4, 0.5) is 0 Å².